The van der Waals surface area contributed by atoms with Gasteiger partial charge >= 0.3 is 0 Å². The molecule has 0 fully saturated rings. The van der Waals surface area contributed by atoms with E-state index in [0.717, 1.165) is 12.0 Å². The van der Waals surface area contributed by atoms with Crippen molar-refractivity contribution in [3.63, 3.8) is 0 Å². The number of allylic oxidation sites excluding steroid dienone is 2. The van der Waals surface area contributed by atoms with E-state index in [-0.39, 0.29) is 0 Å². The van der Waals surface area contributed by atoms with E-state index in [9.17, 15) is 0 Å². The molecule has 0 aliphatic rings. The molecule has 1 N–H and O–H groups in total. The predicted molar refractivity (Wildman–Crippen MR) is 52.0 cm³/mol. The van der Waals surface area contributed by atoms with Crippen LogP contribution in [0.1, 0.15) is 12.0 Å². The Balaban J connectivity index is 2.64. The zero-order valence-electron chi connectivity index (χ0n) is 6.90. The largest absolute Gasteiger partial charge is 0.508 e. The van der Waals surface area contributed by atoms with Gasteiger partial charge in [-0.05, 0) is 24.1 Å². The lowest BCUT2D eigenvalue weighted by atomic mass is 10.2. The molecule has 0 aromatic heterocycles. The molecule has 0 aliphatic heterocycles. The van der Waals surface area contributed by atoms with E-state index in [0.29, 0.717) is 5.75 Å². The highest BCUT2D eigenvalue weighted by Gasteiger charge is 1.86. The Kier molecular flexibility index (Phi) is 3.15. The Hall–Kier alpha value is -1.50. The summed E-state index contributed by atoms with van der Waals surface area (Å²) >= 11 is 0. The van der Waals surface area contributed by atoms with Crippen LogP contribution in [0, 0.1) is 0 Å². The van der Waals surface area contributed by atoms with Crippen LogP contribution in [0.5, 0.6) is 5.75 Å². The lowest BCUT2D eigenvalue weighted by Gasteiger charge is -1.92. The fourth-order valence-electron chi connectivity index (χ4n) is 0.886. The average molecular weight is 160 g/mol. The van der Waals surface area contributed by atoms with E-state index in [2.05, 4.69) is 6.58 Å². The minimum absolute atomic E-state index is 0.302. The Morgan fingerprint density at radius 1 is 1.25 bits per heavy atom. The maximum atomic E-state index is 8.99. The fraction of sp³-hybridized carbons (Fsp3) is 0.0909. The fourth-order valence-corrected chi connectivity index (χ4v) is 0.886. The van der Waals surface area contributed by atoms with Crippen LogP contribution < -0.4 is 0 Å². The van der Waals surface area contributed by atoms with Crippen LogP contribution in [0.25, 0.3) is 6.08 Å². The van der Waals surface area contributed by atoms with Gasteiger partial charge in [-0.3, -0.25) is 0 Å². The molecule has 0 spiro atoms. The lowest BCUT2D eigenvalue weighted by Crippen LogP contribution is -1.69. The summed E-state index contributed by atoms with van der Waals surface area (Å²) in [7, 11) is 0. The second-order valence-electron chi connectivity index (χ2n) is 2.52. The van der Waals surface area contributed by atoms with Crippen LogP contribution in [0.4, 0.5) is 0 Å². The molecule has 1 aromatic carbocycles. The summed E-state index contributed by atoms with van der Waals surface area (Å²) in [5.74, 6) is 0.302. The highest BCUT2D eigenvalue weighted by Crippen LogP contribution is 2.10. The Morgan fingerprint density at radius 3 is 2.50 bits per heavy atom. The van der Waals surface area contributed by atoms with Gasteiger partial charge in [-0.1, -0.05) is 30.4 Å². The molecule has 12 heavy (non-hydrogen) atoms. The van der Waals surface area contributed by atoms with E-state index >= 15 is 0 Å². The maximum Gasteiger partial charge on any atom is 0.115 e. The third kappa shape index (κ3) is 2.62. The van der Waals surface area contributed by atoms with Crippen molar-refractivity contribution in [2.75, 3.05) is 0 Å². The van der Waals surface area contributed by atoms with E-state index in [1.165, 1.54) is 0 Å². The molecule has 1 aromatic rings. The molecule has 0 atom stereocenters. The van der Waals surface area contributed by atoms with Gasteiger partial charge in [0.1, 0.15) is 5.75 Å². The van der Waals surface area contributed by atoms with E-state index in [1.54, 1.807) is 12.1 Å². The van der Waals surface area contributed by atoms with Crippen molar-refractivity contribution < 1.29 is 5.11 Å². The summed E-state index contributed by atoms with van der Waals surface area (Å²) < 4.78 is 0. The first kappa shape index (κ1) is 8.60. The molecular weight excluding hydrogens is 148 g/mol. The van der Waals surface area contributed by atoms with Gasteiger partial charge in [-0.2, -0.15) is 0 Å². The molecule has 1 nitrogen and oxygen atoms in total. The molecule has 1 rings (SSSR count). The normalized spacial score (nSPS) is 10.3. The van der Waals surface area contributed by atoms with Gasteiger partial charge in [0.15, 0.2) is 0 Å². The predicted octanol–water partition coefficient (Wildman–Crippen LogP) is 2.98. The first-order valence-electron chi connectivity index (χ1n) is 3.89. The van der Waals surface area contributed by atoms with E-state index in [4.69, 9.17) is 5.11 Å². The molecule has 0 saturated heterocycles. The number of phenolic OH excluding ortho intramolecular Hbond substituents is 1. The maximum absolute atomic E-state index is 8.99. The lowest BCUT2D eigenvalue weighted by molar-refractivity contribution is 0.475. The molecule has 0 bridgehead atoms. The van der Waals surface area contributed by atoms with Crippen LogP contribution in [0.3, 0.4) is 0 Å². The molecule has 1 heteroatoms. The zero-order chi connectivity index (χ0) is 8.81. The summed E-state index contributed by atoms with van der Waals surface area (Å²) in [6.45, 7) is 3.61. The van der Waals surface area contributed by atoms with Crippen molar-refractivity contribution in [2.24, 2.45) is 0 Å². The van der Waals surface area contributed by atoms with Crippen LogP contribution >= 0.6 is 0 Å². The number of benzene rings is 1. The highest BCUT2D eigenvalue weighted by molar-refractivity contribution is 5.50. The summed E-state index contributed by atoms with van der Waals surface area (Å²) in [4.78, 5) is 0. The first-order chi connectivity index (χ1) is 5.83. The number of hydrogen-bond acceptors (Lipinski definition) is 1. The summed E-state index contributed by atoms with van der Waals surface area (Å²) in [6.07, 6.45) is 6.75. The first-order valence-corrected chi connectivity index (χ1v) is 3.89. The monoisotopic (exact) mass is 160 g/mol. The highest BCUT2D eigenvalue weighted by atomic mass is 16.3. The number of hydrogen-bond donors (Lipinski definition) is 1. The third-order valence-corrected chi connectivity index (χ3v) is 1.51. The Morgan fingerprint density at radius 2 is 1.92 bits per heavy atom. The van der Waals surface area contributed by atoms with Crippen LogP contribution in [0.15, 0.2) is 43.0 Å². The topological polar surface area (TPSA) is 20.2 Å². The second kappa shape index (κ2) is 4.39. The smallest absolute Gasteiger partial charge is 0.115 e. The molecule has 62 valence electrons. The molecule has 0 aliphatic carbocycles. The van der Waals surface area contributed by atoms with Crippen LogP contribution in [-0.4, -0.2) is 5.11 Å². The summed E-state index contributed by atoms with van der Waals surface area (Å²) in [6, 6.07) is 7.09. The minimum atomic E-state index is 0.302. The van der Waals surface area contributed by atoms with Gasteiger partial charge in [0, 0.05) is 0 Å². The quantitative estimate of drug-likeness (QED) is 0.674. The van der Waals surface area contributed by atoms with Crippen molar-refractivity contribution in [1.29, 1.82) is 0 Å². The summed E-state index contributed by atoms with van der Waals surface area (Å²) in [5, 5.41) is 8.99. The van der Waals surface area contributed by atoms with Crippen molar-refractivity contribution >= 4 is 6.08 Å². The molecular formula is C11H12O. The molecule has 0 saturated carbocycles. The van der Waals surface area contributed by atoms with Crippen molar-refractivity contribution in [3.05, 3.63) is 48.6 Å². The third-order valence-electron chi connectivity index (χ3n) is 1.51. The number of phenols is 1. The van der Waals surface area contributed by atoms with Crippen molar-refractivity contribution in [2.45, 2.75) is 6.42 Å². The van der Waals surface area contributed by atoms with Gasteiger partial charge in [-0.25, -0.2) is 0 Å². The summed E-state index contributed by atoms with van der Waals surface area (Å²) in [5.41, 5.74) is 1.09. The van der Waals surface area contributed by atoms with E-state index < -0.39 is 0 Å². The van der Waals surface area contributed by atoms with Crippen LogP contribution in [0.2, 0.25) is 0 Å². The van der Waals surface area contributed by atoms with Gasteiger partial charge in [-0.15, -0.1) is 6.58 Å². The standard InChI is InChI=1S/C11H12O/c1-2-3-4-5-10-6-8-11(12)9-7-10/h2,4-9,12H,1,3H2/b5-4+. The van der Waals surface area contributed by atoms with Gasteiger partial charge in [0.05, 0.1) is 0 Å². The number of aromatic hydroxyl groups is 1. The van der Waals surface area contributed by atoms with Crippen LogP contribution in [-0.2, 0) is 0 Å². The average Bonchev–Trinajstić information content (AvgIpc) is 2.09. The molecule has 0 unspecified atom stereocenters. The number of rotatable bonds is 3. The Bertz CT molecular complexity index is 270. The van der Waals surface area contributed by atoms with Gasteiger partial charge in [0.2, 0.25) is 0 Å². The SMILES string of the molecule is C=CC/C=C/c1ccc(O)cc1. The van der Waals surface area contributed by atoms with Gasteiger partial charge < -0.3 is 5.11 Å². The van der Waals surface area contributed by atoms with Crippen molar-refractivity contribution in [1.82, 2.24) is 0 Å². The Labute approximate surface area is 72.7 Å². The molecule has 0 radical (unpaired) electrons. The zero-order valence-corrected chi connectivity index (χ0v) is 6.90. The van der Waals surface area contributed by atoms with Gasteiger partial charge in [0.25, 0.3) is 0 Å². The molecule has 0 amide bonds. The minimum Gasteiger partial charge on any atom is -0.508 e. The molecule has 0 heterocycles. The van der Waals surface area contributed by atoms with E-state index in [1.807, 2.05) is 30.4 Å². The second-order valence-corrected chi connectivity index (χ2v) is 2.52. The van der Waals surface area contributed by atoms with Crippen molar-refractivity contribution in [3.8, 4) is 5.75 Å².